The van der Waals surface area contributed by atoms with Crippen LogP contribution >= 0.6 is 0 Å². The molecule has 2 amide bonds. The van der Waals surface area contributed by atoms with Crippen LogP contribution in [0.15, 0.2) is 28.8 Å². The van der Waals surface area contributed by atoms with Gasteiger partial charge in [-0.25, -0.2) is 4.39 Å². The molecular weight excluding hydrogens is 363 g/mol. The van der Waals surface area contributed by atoms with E-state index in [4.69, 9.17) is 4.52 Å². The highest BCUT2D eigenvalue weighted by Gasteiger charge is 2.43. The third-order valence-electron chi connectivity index (χ3n) is 5.66. The van der Waals surface area contributed by atoms with Crippen LogP contribution < -0.4 is 10.2 Å². The van der Waals surface area contributed by atoms with E-state index in [9.17, 15) is 14.0 Å². The summed E-state index contributed by atoms with van der Waals surface area (Å²) in [7, 11) is 0. The zero-order valence-electron chi connectivity index (χ0n) is 15.8. The molecular formula is C20H23FN4O3. The van der Waals surface area contributed by atoms with Crippen LogP contribution in [-0.4, -0.2) is 28.5 Å². The van der Waals surface area contributed by atoms with Gasteiger partial charge in [0.2, 0.25) is 17.7 Å². The topological polar surface area (TPSA) is 88.3 Å². The average molecular weight is 386 g/mol. The van der Waals surface area contributed by atoms with Crippen molar-refractivity contribution in [3.05, 3.63) is 41.8 Å². The van der Waals surface area contributed by atoms with Gasteiger partial charge in [-0.3, -0.25) is 9.59 Å². The number of amides is 2. The predicted octanol–water partition coefficient (Wildman–Crippen LogP) is 2.85. The molecule has 148 valence electrons. The number of nitrogens with one attached hydrogen (secondary N) is 1. The normalized spacial score (nSPS) is 21.7. The van der Waals surface area contributed by atoms with E-state index in [1.807, 2.05) is 0 Å². The fourth-order valence-corrected chi connectivity index (χ4v) is 4.18. The van der Waals surface area contributed by atoms with Crippen LogP contribution in [0.2, 0.25) is 0 Å². The first-order chi connectivity index (χ1) is 13.5. The number of halogens is 1. The van der Waals surface area contributed by atoms with Crippen molar-refractivity contribution in [1.29, 1.82) is 0 Å². The minimum absolute atomic E-state index is 0.0571. The van der Waals surface area contributed by atoms with Gasteiger partial charge in [-0.2, -0.15) is 4.98 Å². The Hall–Kier alpha value is -2.77. The van der Waals surface area contributed by atoms with E-state index in [1.54, 1.807) is 25.1 Å². The quantitative estimate of drug-likeness (QED) is 0.873. The summed E-state index contributed by atoms with van der Waals surface area (Å²) in [6.45, 7) is 1.88. The summed E-state index contributed by atoms with van der Waals surface area (Å²) in [4.78, 5) is 31.2. The average Bonchev–Trinajstić information content (AvgIpc) is 3.29. The zero-order valence-corrected chi connectivity index (χ0v) is 15.8. The standard InChI is InChI=1S/C20H23FN4O3/c1-13-22-19(24-28-13)20(9-5-2-6-10-20)23-18(27)14-11-17(26)25(12-14)16-8-4-3-7-15(16)21/h3-4,7-8,14H,2,5-6,9-12H2,1H3,(H,23,27). The van der Waals surface area contributed by atoms with Crippen LogP contribution in [-0.2, 0) is 15.1 Å². The van der Waals surface area contributed by atoms with E-state index < -0.39 is 17.3 Å². The first kappa shape index (κ1) is 18.6. The Bertz CT molecular complexity index is 891. The zero-order chi connectivity index (χ0) is 19.7. The van der Waals surface area contributed by atoms with E-state index >= 15 is 0 Å². The second kappa shape index (κ2) is 7.33. The molecule has 2 aromatic rings. The van der Waals surface area contributed by atoms with Gasteiger partial charge < -0.3 is 14.7 Å². The molecule has 1 saturated carbocycles. The van der Waals surface area contributed by atoms with Gasteiger partial charge in [0.1, 0.15) is 11.4 Å². The Kier molecular flexibility index (Phi) is 4.87. The molecule has 1 aromatic carbocycles. The number of anilines is 1. The van der Waals surface area contributed by atoms with E-state index in [0.717, 1.165) is 32.1 Å². The molecule has 4 rings (SSSR count). The molecule has 1 unspecified atom stereocenters. The van der Waals surface area contributed by atoms with Gasteiger partial charge in [0.25, 0.3) is 0 Å². The molecule has 1 aliphatic heterocycles. The van der Waals surface area contributed by atoms with Crippen LogP contribution in [0.3, 0.4) is 0 Å². The molecule has 7 nitrogen and oxygen atoms in total. The molecule has 1 aliphatic carbocycles. The Balaban J connectivity index is 1.52. The van der Waals surface area contributed by atoms with Crippen LogP contribution in [0.4, 0.5) is 10.1 Å². The maximum absolute atomic E-state index is 14.1. The lowest BCUT2D eigenvalue weighted by Gasteiger charge is -2.36. The molecule has 2 heterocycles. The van der Waals surface area contributed by atoms with E-state index in [-0.39, 0.29) is 30.5 Å². The number of rotatable bonds is 4. The van der Waals surface area contributed by atoms with Gasteiger partial charge in [0, 0.05) is 19.9 Å². The molecule has 0 radical (unpaired) electrons. The summed E-state index contributed by atoms with van der Waals surface area (Å²) in [5, 5.41) is 7.17. The van der Waals surface area contributed by atoms with Crippen molar-refractivity contribution in [2.75, 3.05) is 11.4 Å². The van der Waals surface area contributed by atoms with Gasteiger partial charge >= 0.3 is 0 Å². The summed E-state index contributed by atoms with van der Waals surface area (Å²) >= 11 is 0. The Labute approximate surface area is 162 Å². The highest BCUT2D eigenvalue weighted by atomic mass is 19.1. The smallest absolute Gasteiger partial charge is 0.227 e. The van der Waals surface area contributed by atoms with Crippen molar-refractivity contribution in [3.8, 4) is 0 Å². The first-order valence-electron chi connectivity index (χ1n) is 9.66. The number of carbonyl (C=O) groups excluding carboxylic acids is 2. The highest BCUT2D eigenvalue weighted by Crippen LogP contribution is 2.36. The summed E-state index contributed by atoms with van der Waals surface area (Å²) < 4.78 is 19.2. The molecule has 0 spiro atoms. The SMILES string of the molecule is Cc1nc(C2(NC(=O)C3CC(=O)N(c4ccccc4F)C3)CCCCC2)no1. The number of carbonyl (C=O) groups is 2. The van der Waals surface area contributed by atoms with Crippen molar-refractivity contribution in [3.63, 3.8) is 0 Å². The lowest BCUT2D eigenvalue weighted by molar-refractivity contribution is -0.128. The van der Waals surface area contributed by atoms with E-state index in [2.05, 4.69) is 15.5 Å². The Morgan fingerprint density at radius 1 is 1.29 bits per heavy atom. The van der Waals surface area contributed by atoms with Crippen molar-refractivity contribution in [1.82, 2.24) is 15.5 Å². The number of nitrogens with zero attached hydrogens (tertiary/aromatic N) is 3. The van der Waals surface area contributed by atoms with E-state index in [0.29, 0.717) is 11.7 Å². The van der Waals surface area contributed by atoms with Crippen molar-refractivity contribution < 1.29 is 18.5 Å². The van der Waals surface area contributed by atoms with Gasteiger partial charge in [-0.1, -0.05) is 36.6 Å². The fraction of sp³-hybridized carbons (Fsp3) is 0.500. The van der Waals surface area contributed by atoms with Gasteiger partial charge in [-0.15, -0.1) is 0 Å². The largest absolute Gasteiger partial charge is 0.343 e. The lowest BCUT2D eigenvalue weighted by atomic mass is 9.80. The van der Waals surface area contributed by atoms with E-state index in [1.165, 1.54) is 11.0 Å². The Morgan fingerprint density at radius 2 is 2.04 bits per heavy atom. The number of benzene rings is 1. The third kappa shape index (κ3) is 3.39. The first-order valence-corrected chi connectivity index (χ1v) is 9.66. The fourth-order valence-electron chi connectivity index (χ4n) is 4.18. The van der Waals surface area contributed by atoms with Gasteiger partial charge in [0.15, 0.2) is 5.82 Å². The number of aromatic nitrogens is 2. The molecule has 1 N–H and O–H groups in total. The molecule has 0 bridgehead atoms. The molecule has 28 heavy (non-hydrogen) atoms. The molecule has 1 atom stereocenters. The van der Waals surface area contributed by atoms with Crippen LogP contribution in [0.1, 0.15) is 50.2 Å². The number of aryl methyl sites for hydroxylation is 1. The molecule has 2 aliphatic rings. The summed E-state index contributed by atoms with van der Waals surface area (Å²) in [5.74, 6) is -0.541. The molecule has 2 fully saturated rings. The van der Waals surface area contributed by atoms with Gasteiger partial charge in [0.05, 0.1) is 11.6 Å². The minimum Gasteiger partial charge on any atom is -0.343 e. The van der Waals surface area contributed by atoms with Gasteiger partial charge in [-0.05, 0) is 25.0 Å². The lowest BCUT2D eigenvalue weighted by Crippen LogP contribution is -2.50. The van der Waals surface area contributed by atoms with Crippen molar-refractivity contribution in [2.45, 2.75) is 51.0 Å². The molecule has 8 heteroatoms. The van der Waals surface area contributed by atoms with Crippen molar-refractivity contribution in [2.24, 2.45) is 5.92 Å². The number of para-hydroxylation sites is 1. The number of hydrogen-bond donors (Lipinski definition) is 1. The van der Waals surface area contributed by atoms with Crippen LogP contribution in [0.5, 0.6) is 0 Å². The maximum atomic E-state index is 14.1. The summed E-state index contributed by atoms with van der Waals surface area (Å²) in [5.41, 5.74) is -0.453. The maximum Gasteiger partial charge on any atom is 0.227 e. The Morgan fingerprint density at radius 3 is 2.71 bits per heavy atom. The second-order valence-electron chi connectivity index (χ2n) is 7.63. The number of hydrogen-bond acceptors (Lipinski definition) is 5. The minimum atomic E-state index is -0.665. The van der Waals surface area contributed by atoms with Crippen molar-refractivity contribution >= 4 is 17.5 Å². The highest BCUT2D eigenvalue weighted by molar-refractivity contribution is 6.00. The van der Waals surface area contributed by atoms with Crippen LogP contribution in [0, 0.1) is 18.7 Å². The summed E-state index contributed by atoms with van der Waals surface area (Å²) in [6.07, 6.45) is 4.53. The molecule has 1 saturated heterocycles. The molecule has 1 aromatic heterocycles. The predicted molar refractivity (Wildman–Crippen MR) is 98.8 cm³/mol. The third-order valence-corrected chi connectivity index (χ3v) is 5.66. The summed E-state index contributed by atoms with van der Waals surface area (Å²) in [6, 6.07) is 6.11. The van der Waals surface area contributed by atoms with Crippen LogP contribution in [0.25, 0.3) is 0 Å². The second-order valence-corrected chi connectivity index (χ2v) is 7.63. The monoisotopic (exact) mass is 386 g/mol.